The highest BCUT2D eigenvalue weighted by Crippen LogP contribution is 2.31. The lowest BCUT2D eigenvalue weighted by Gasteiger charge is -2.13. The average molecular weight is 321 g/mol. The molecule has 2 aromatic rings. The van der Waals surface area contributed by atoms with Crippen molar-refractivity contribution in [2.75, 3.05) is 18.2 Å². The van der Waals surface area contributed by atoms with E-state index in [1.807, 2.05) is 24.3 Å². The van der Waals surface area contributed by atoms with Crippen molar-refractivity contribution >= 4 is 33.0 Å². The molecule has 2 rings (SSSR count). The average Bonchev–Trinajstić information content (AvgIpc) is 2.36. The second-order valence-corrected chi connectivity index (χ2v) is 5.35. The van der Waals surface area contributed by atoms with Gasteiger partial charge in [-0.15, -0.1) is 0 Å². The van der Waals surface area contributed by atoms with E-state index in [9.17, 15) is 0 Å². The van der Waals surface area contributed by atoms with E-state index in [2.05, 4.69) is 41.2 Å². The highest BCUT2D eigenvalue weighted by Gasteiger charge is 2.05. The third-order valence-electron chi connectivity index (χ3n) is 3.10. The number of nitrogens with two attached hydrogens (primary N) is 1. The molecule has 4 heteroatoms. The molecule has 0 saturated carbocycles. The van der Waals surface area contributed by atoms with Crippen molar-refractivity contribution in [3.63, 3.8) is 0 Å². The highest BCUT2D eigenvalue weighted by atomic mass is 79.9. The first-order chi connectivity index (χ1) is 9.01. The number of aryl methyl sites for hydroxylation is 2. The zero-order valence-corrected chi connectivity index (χ0v) is 12.8. The standard InChI is InChI=1S/C15H17BrN2O/c1-9-6-13(17)14(7-10(9)2)18-11-4-5-15(19-3)12(16)8-11/h4-8,18H,17H2,1-3H3. The first-order valence-corrected chi connectivity index (χ1v) is 6.78. The van der Waals surface area contributed by atoms with Crippen LogP contribution in [0.1, 0.15) is 11.1 Å². The van der Waals surface area contributed by atoms with E-state index in [4.69, 9.17) is 10.5 Å². The number of nitrogen functional groups attached to an aromatic ring is 1. The fourth-order valence-electron chi connectivity index (χ4n) is 1.85. The molecule has 0 unspecified atom stereocenters. The third-order valence-corrected chi connectivity index (χ3v) is 3.72. The second kappa shape index (κ2) is 5.53. The van der Waals surface area contributed by atoms with E-state index >= 15 is 0 Å². The number of rotatable bonds is 3. The van der Waals surface area contributed by atoms with E-state index in [0.29, 0.717) is 0 Å². The summed E-state index contributed by atoms with van der Waals surface area (Å²) in [4.78, 5) is 0. The third kappa shape index (κ3) is 3.01. The van der Waals surface area contributed by atoms with Crippen LogP contribution in [0, 0.1) is 13.8 Å². The maximum atomic E-state index is 6.03. The van der Waals surface area contributed by atoms with E-state index < -0.39 is 0 Å². The lowest BCUT2D eigenvalue weighted by atomic mass is 10.1. The van der Waals surface area contributed by atoms with Gasteiger partial charge in [0.15, 0.2) is 0 Å². The monoisotopic (exact) mass is 320 g/mol. The summed E-state index contributed by atoms with van der Waals surface area (Å²) < 4.78 is 6.11. The minimum absolute atomic E-state index is 0.745. The van der Waals surface area contributed by atoms with Gasteiger partial charge in [-0.2, -0.15) is 0 Å². The fraction of sp³-hybridized carbons (Fsp3) is 0.200. The number of nitrogens with one attached hydrogen (secondary N) is 1. The normalized spacial score (nSPS) is 10.3. The summed E-state index contributed by atoms with van der Waals surface area (Å²) in [5.41, 5.74) is 11.1. The lowest BCUT2D eigenvalue weighted by molar-refractivity contribution is 0.412. The van der Waals surface area contributed by atoms with Crippen molar-refractivity contribution in [2.45, 2.75) is 13.8 Å². The topological polar surface area (TPSA) is 47.3 Å². The van der Waals surface area contributed by atoms with Gasteiger partial charge in [0.25, 0.3) is 0 Å². The Morgan fingerprint density at radius 2 is 1.79 bits per heavy atom. The molecule has 19 heavy (non-hydrogen) atoms. The van der Waals surface area contributed by atoms with Crippen LogP contribution in [-0.4, -0.2) is 7.11 Å². The molecule has 0 amide bonds. The molecule has 0 aliphatic carbocycles. The van der Waals surface area contributed by atoms with E-state index in [-0.39, 0.29) is 0 Å². The predicted molar refractivity (Wildman–Crippen MR) is 84.3 cm³/mol. The van der Waals surface area contributed by atoms with Gasteiger partial charge in [0.1, 0.15) is 5.75 Å². The van der Waals surface area contributed by atoms with Gasteiger partial charge in [-0.05, 0) is 71.2 Å². The van der Waals surface area contributed by atoms with Gasteiger partial charge in [-0.1, -0.05) is 0 Å². The van der Waals surface area contributed by atoms with Gasteiger partial charge in [-0.25, -0.2) is 0 Å². The Balaban J connectivity index is 2.31. The zero-order chi connectivity index (χ0) is 14.0. The van der Waals surface area contributed by atoms with Crippen molar-refractivity contribution in [2.24, 2.45) is 0 Å². The fourth-order valence-corrected chi connectivity index (χ4v) is 2.39. The van der Waals surface area contributed by atoms with Crippen LogP contribution in [0.4, 0.5) is 17.1 Å². The largest absolute Gasteiger partial charge is 0.496 e. The molecule has 3 N–H and O–H groups in total. The molecular weight excluding hydrogens is 304 g/mol. The van der Waals surface area contributed by atoms with Crippen molar-refractivity contribution in [1.29, 1.82) is 0 Å². The second-order valence-electron chi connectivity index (χ2n) is 4.50. The van der Waals surface area contributed by atoms with Crippen molar-refractivity contribution in [3.8, 4) is 5.75 Å². The zero-order valence-electron chi connectivity index (χ0n) is 11.3. The minimum Gasteiger partial charge on any atom is -0.496 e. The first-order valence-electron chi connectivity index (χ1n) is 5.98. The highest BCUT2D eigenvalue weighted by molar-refractivity contribution is 9.10. The molecule has 3 nitrogen and oxygen atoms in total. The maximum Gasteiger partial charge on any atom is 0.133 e. The summed E-state index contributed by atoms with van der Waals surface area (Å²) in [7, 11) is 1.65. The van der Waals surface area contributed by atoms with Crippen molar-refractivity contribution in [3.05, 3.63) is 45.9 Å². The molecule has 0 aromatic heterocycles. The Hall–Kier alpha value is -1.68. The Kier molecular flexibility index (Phi) is 4.00. The van der Waals surface area contributed by atoms with Gasteiger partial charge in [0.05, 0.1) is 23.0 Å². The van der Waals surface area contributed by atoms with Gasteiger partial charge >= 0.3 is 0 Å². The summed E-state index contributed by atoms with van der Waals surface area (Å²) in [6.45, 7) is 4.13. The summed E-state index contributed by atoms with van der Waals surface area (Å²) in [5.74, 6) is 0.804. The molecule has 0 fully saturated rings. The molecule has 0 bridgehead atoms. The van der Waals surface area contributed by atoms with Crippen LogP contribution in [0.3, 0.4) is 0 Å². The molecule has 0 saturated heterocycles. The van der Waals surface area contributed by atoms with Crippen LogP contribution in [-0.2, 0) is 0 Å². The number of hydrogen-bond acceptors (Lipinski definition) is 3. The Morgan fingerprint density at radius 1 is 1.11 bits per heavy atom. The molecular formula is C15H17BrN2O. The summed E-state index contributed by atoms with van der Waals surface area (Å²) >= 11 is 3.47. The maximum absolute atomic E-state index is 6.03. The molecule has 100 valence electrons. The van der Waals surface area contributed by atoms with Gasteiger partial charge < -0.3 is 15.8 Å². The van der Waals surface area contributed by atoms with Crippen LogP contribution in [0.5, 0.6) is 5.75 Å². The summed E-state index contributed by atoms with van der Waals surface area (Å²) in [5, 5.41) is 3.32. The van der Waals surface area contributed by atoms with E-state index in [0.717, 1.165) is 27.3 Å². The van der Waals surface area contributed by atoms with Gasteiger partial charge in [0, 0.05) is 5.69 Å². The quantitative estimate of drug-likeness (QED) is 0.824. The number of ether oxygens (including phenoxy) is 1. The molecule has 0 atom stereocenters. The lowest BCUT2D eigenvalue weighted by Crippen LogP contribution is -1.98. The number of hydrogen-bond donors (Lipinski definition) is 2. The molecule has 0 aliphatic rings. The number of halogens is 1. The predicted octanol–water partition coefficient (Wildman–Crippen LogP) is 4.40. The van der Waals surface area contributed by atoms with Gasteiger partial charge in [-0.3, -0.25) is 0 Å². The number of anilines is 3. The SMILES string of the molecule is COc1ccc(Nc2cc(C)c(C)cc2N)cc1Br. The number of methoxy groups -OCH3 is 1. The first kappa shape index (κ1) is 13.7. The van der Waals surface area contributed by atoms with Crippen LogP contribution < -0.4 is 15.8 Å². The molecule has 0 aliphatic heterocycles. The van der Waals surface area contributed by atoms with E-state index in [1.54, 1.807) is 7.11 Å². The number of benzene rings is 2. The van der Waals surface area contributed by atoms with Crippen LogP contribution in [0.25, 0.3) is 0 Å². The van der Waals surface area contributed by atoms with E-state index in [1.165, 1.54) is 11.1 Å². The Morgan fingerprint density at radius 3 is 2.42 bits per heavy atom. The minimum atomic E-state index is 0.745. The van der Waals surface area contributed by atoms with Crippen molar-refractivity contribution in [1.82, 2.24) is 0 Å². The van der Waals surface area contributed by atoms with Crippen molar-refractivity contribution < 1.29 is 4.74 Å². The molecule has 0 spiro atoms. The smallest absolute Gasteiger partial charge is 0.133 e. The summed E-state index contributed by atoms with van der Waals surface area (Å²) in [6.07, 6.45) is 0. The Labute approximate surface area is 121 Å². The van der Waals surface area contributed by atoms with Crippen LogP contribution in [0.15, 0.2) is 34.8 Å². The van der Waals surface area contributed by atoms with Crippen LogP contribution in [0.2, 0.25) is 0 Å². The Bertz CT molecular complexity index is 611. The van der Waals surface area contributed by atoms with Gasteiger partial charge in [0.2, 0.25) is 0 Å². The molecule has 2 aromatic carbocycles. The molecule has 0 heterocycles. The van der Waals surface area contributed by atoms with Crippen LogP contribution >= 0.6 is 15.9 Å². The molecule has 0 radical (unpaired) electrons. The summed E-state index contributed by atoms with van der Waals surface area (Å²) in [6, 6.07) is 9.87.